The van der Waals surface area contributed by atoms with E-state index in [1.165, 1.54) is 16.9 Å². The third-order valence-corrected chi connectivity index (χ3v) is 3.27. The number of carbonyl (C=O) groups is 1. The van der Waals surface area contributed by atoms with Crippen LogP contribution in [0.15, 0.2) is 36.5 Å². The van der Waals surface area contributed by atoms with Gasteiger partial charge in [-0.15, -0.1) is 0 Å². The molecule has 0 aliphatic heterocycles. The Morgan fingerprint density at radius 2 is 2.05 bits per heavy atom. The number of benzene rings is 1. The Balaban J connectivity index is 2.07. The molecule has 6 heteroatoms. The summed E-state index contributed by atoms with van der Waals surface area (Å²) in [5, 5.41) is 18.7. The Bertz CT molecular complexity index is 772. The van der Waals surface area contributed by atoms with Crippen LogP contribution in [0.2, 0.25) is 0 Å². The van der Waals surface area contributed by atoms with Crippen molar-refractivity contribution in [3.63, 3.8) is 0 Å². The zero-order valence-corrected chi connectivity index (χ0v) is 11.0. The Morgan fingerprint density at radius 1 is 1.25 bits per heavy atom. The number of aromatic carboxylic acids is 1. The molecule has 2 aromatic heterocycles. The first kappa shape index (κ1) is 12.4. The Hall–Kier alpha value is -2.63. The standard InChI is InChI=1S/C14H14N4O2/c1-2-17-12-6-4-3-5-10(12)11(16-17)9-18-13(14(19)20)7-8-15-18/h3-8H,2,9H2,1H3,(H,19,20). The number of rotatable bonds is 4. The summed E-state index contributed by atoms with van der Waals surface area (Å²) in [5.74, 6) is -0.985. The van der Waals surface area contributed by atoms with Gasteiger partial charge in [0.2, 0.25) is 0 Å². The number of hydrogen-bond donors (Lipinski definition) is 1. The molecule has 0 saturated carbocycles. The lowest BCUT2D eigenvalue weighted by atomic mass is 10.2. The van der Waals surface area contributed by atoms with Crippen LogP contribution >= 0.6 is 0 Å². The molecule has 102 valence electrons. The lowest BCUT2D eigenvalue weighted by Gasteiger charge is -2.02. The van der Waals surface area contributed by atoms with E-state index in [1.807, 2.05) is 35.9 Å². The fourth-order valence-electron chi connectivity index (χ4n) is 2.34. The molecule has 2 heterocycles. The summed E-state index contributed by atoms with van der Waals surface area (Å²) in [4.78, 5) is 11.1. The minimum absolute atomic E-state index is 0.167. The van der Waals surface area contributed by atoms with Gasteiger partial charge < -0.3 is 5.11 Å². The summed E-state index contributed by atoms with van der Waals surface area (Å²) in [5.41, 5.74) is 2.04. The molecule has 0 unspecified atom stereocenters. The van der Waals surface area contributed by atoms with Crippen molar-refractivity contribution in [2.24, 2.45) is 0 Å². The van der Waals surface area contributed by atoms with Gasteiger partial charge in [-0.05, 0) is 19.1 Å². The van der Waals surface area contributed by atoms with Crippen LogP contribution < -0.4 is 0 Å². The van der Waals surface area contributed by atoms with Gasteiger partial charge in [0.1, 0.15) is 5.69 Å². The van der Waals surface area contributed by atoms with Crippen LogP contribution in [0.25, 0.3) is 10.9 Å². The number of para-hydroxylation sites is 1. The molecule has 0 saturated heterocycles. The quantitative estimate of drug-likeness (QED) is 0.787. The average Bonchev–Trinajstić information content (AvgIpc) is 3.04. The van der Waals surface area contributed by atoms with Crippen molar-refractivity contribution in [1.82, 2.24) is 19.6 Å². The van der Waals surface area contributed by atoms with Gasteiger partial charge in [-0.25, -0.2) is 4.79 Å². The van der Waals surface area contributed by atoms with E-state index in [2.05, 4.69) is 10.2 Å². The number of fused-ring (bicyclic) bond motifs is 1. The van der Waals surface area contributed by atoms with E-state index < -0.39 is 5.97 Å². The largest absolute Gasteiger partial charge is 0.477 e. The molecule has 3 rings (SSSR count). The van der Waals surface area contributed by atoms with E-state index >= 15 is 0 Å². The molecule has 0 atom stereocenters. The summed E-state index contributed by atoms with van der Waals surface area (Å²) in [6.07, 6.45) is 1.49. The first-order valence-electron chi connectivity index (χ1n) is 6.40. The van der Waals surface area contributed by atoms with Crippen LogP contribution in [-0.2, 0) is 13.1 Å². The lowest BCUT2D eigenvalue weighted by molar-refractivity contribution is 0.0684. The van der Waals surface area contributed by atoms with Crippen LogP contribution in [0.4, 0.5) is 0 Å². The topological polar surface area (TPSA) is 72.9 Å². The maximum absolute atomic E-state index is 11.1. The molecule has 1 aromatic carbocycles. The maximum Gasteiger partial charge on any atom is 0.354 e. The van der Waals surface area contributed by atoms with E-state index in [4.69, 9.17) is 5.11 Å². The van der Waals surface area contributed by atoms with Crippen molar-refractivity contribution < 1.29 is 9.90 Å². The first-order valence-corrected chi connectivity index (χ1v) is 6.40. The molecular weight excluding hydrogens is 256 g/mol. The second-order valence-electron chi connectivity index (χ2n) is 4.46. The monoisotopic (exact) mass is 270 g/mol. The van der Waals surface area contributed by atoms with Crippen molar-refractivity contribution in [2.45, 2.75) is 20.0 Å². The molecule has 3 aromatic rings. The minimum Gasteiger partial charge on any atom is -0.477 e. The number of nitrogens with zero attached hydrogens (tertiary/aromatic N) is 4. The Morgan fingerprint density at radius 3 is 2.80 bits per heavy atom. The van der Waals surface area contributed by atoms with Crippen LogP contribution in [0.3, 0.4) is 0 Å². The second-order valence-corrected chi connectivity index (χ2v) is 4.46. The molecule has 0 radical (unpaired) electrons. The zero-order valence-electron chi connectivity index (χ0n) is 11.0. The van der Waals surface area contributed by atoms with E-state index in [-0.39, 0.29) is 5.69 Å². The molecule has 0 amide bonds. The van der Waals surface area contributed by atoms with E-state index in [1.54, 1.807) is 0 Å². The first-order chi connectivity index (χ1) is 9.70. The predicted octanol–water partition coefficient (Wildman–Crippen LogP) is 2.00. The zero-order chi connectivity index (χ0) is 14.1. The van der Waals surface area contributed by atoms with E-state index in [0.29, 0.717) is 6.54 Å². The summed E-state index contributed by atoms with van der Waals surface area (Å²) in [7, 11) is 0. The summed E-state index contributed by atoms with van der Waals surface area (Å²) in [6, 6.07) is 9.41. The van der Waals surface area contributed by atoms with Crippen molar-refractivity contribution in [1.29, 1.82) is 0 Å². The van der Waals surface area contributed by atoms with Crippen LogP contribution in [0.5, 0.6) is 0 Å². The predicted molar refractivity (Wildman–Crippen MR) is 73.7 cm³/mol. The summed E-state index contributed by atoms with van der Waals surface area (Å²) < 4.78 is 3.37. The third-order valence-electron chi connectivity index (χ3n) is 3.27. The molecular formula is C14H14N4O2. The number of aromatic nitrogens is 4. The number of carboxylic acids is 1. The molecule has 1 N–H and O–H groups in total. The fourth-order valence-corrected chi connectivity index (χ4v) is 2.34. The molecule has 20 heavy (non-hydrogen) atoms. The number of carboxylic acid groups (broad SMARTS) is 1. The third kappa shape index (κ3) is 1.95. The van der Waals surface area contributed by atoms with Gasteiger partial charge in [0.25, 0.3) is 0 Å². The smallest absolute Gasteiger partial charge is 0.354 e. The van der Waals surface area contributed by atoms with Crippen molar-refractivity contribution in [3.05, 3.63) is 47.9 Å². The van der Waals surface area contributed by atoms with Crippen LogP contribution in [-0.4, -0.2) is 30.6 Å². The van der Waals surface area contributed by atoms with Gasteiger partial charge in [-0.3, -0.25) is 9.36 Å². The molecule has 0 bridgehead atoms. The highest BCUT2D eigenvalue weighted by molar-refractivity contribution is 5.86. The van der Waals surface area contributed by atoms with Crippen LogP contribution in [0.1, 0.15) is 23.1 Å². The van der Waals surface area contributed by atoms with Crippen molar-refractivity contribution in [3.8, 4) is 0 Å². The lowest BCUT2D eigenvalue weighted by Crippen LogP contribution is -2.11. The van der Waals surface area contributed by atoms with Gasteiger partial charge in [-0.1, -0.05) is 18.2 Å². The molecule has 6 nitrogen and oxygen atoms in total. The SMILES string of the molecule is CCn1nc(Cn2nccc2C(=O)O)c2ccccc21. The number of hydrogen-bond acceptors (Lipinski definition) is 3. The van der Waals surface area contributed by atoms with E-state index in [9.17, 15) is 4.79 Å². The van der Waals surface area contributed by atoms with Gasteiger partial charge in [0, 0.05) is 18.1 Å². The fraction of sp³-hybridized carbons (Fsp3) is 0.214. The minimum atomic E-state index is -0.985. The molecule has 0 aliphatic carbocycles. The van der Waals surface area contributed by atoms with Crippen molar-refractivity contribution in [2.75, 3.05) is 0 Å². The van der Waals surface area contributed by atoms with Gasteiger partial charge in [-0.2, -0.15) is 10.2 Å². The molecule has 0 aliphatic rings. The van der Waals surface area contributed by atoms with Crippen molar-refractivity contribution >= 4 is 16.9 Å². The highest BCUT2D eigenvalue weighted by Gasteiger charge is 2.14. The molecule has 0 fully saturated rings. The second kappa shape index (κ2) is 4.80. The van der Waals surface area contributed by atoms with Gasteiger partial charge >= 0.3 is 5.97 Å². The normalized spacial score (nSPS) is 11.1. The highest BCUT2D eigenvalue weighted by atomic mass is 16.4. The maximum atomic E-state index is 11.1. The average molecular weight is 270 g/mol. The van der Waals surface area contributed by atoms with Gasteiger partial charge in [0.15, 0.2) is 0 Å². The summed E-state index contributed by atoms with van der Waals surface area (Å²) >= 11 is 0. The Kier molecular flexibility index (Phi) is 2.98. The van der Waals surface area contributed by atoms with E-state index in [0.717, 1.165) is 23.1 Å². The highest BCUT2D eigenvalue weighted by Crippen LogP contribution is 2.19. The molecule has 0 spiro atoms. The summed E-state index contributed by atoms with van der Waals surface area (Å²) in [6.45, 7) is 3.15. The van der Waals surface area contributed by atoms with Gasteiger partial charge in [0.05, 0.1) is 17.8 Å². The Labute approximate surface area is 115 Å². The van der Waals surface area contributed by atoms with Crippen LogP contribution in [0, 0.1) is 0 Å². The number of aryl methyl sites for hydroxylation is 1.